The number of rotatable bonds is 4. The molecule has 1 aliphatic carbocycles. The zero-order valence-corrected chi connectivity index (χ0v) is 19.5. The lowest BCUT2D eigenvalue weighted by Gasteiger charge is -2.19. The first-order valence-corrected chi connectivity index (χ1v) is 11.9. The second-order valence-corrected chi connectivity index (χ2v) is 9.60. The predicted octanol–water partition coefficient (Wildman–Crippen LogP) is 3.94. The Labute approximate surface area is 198 Å². The molecule has 2 aromatic rings. The molecule has 0 bridgehead atoms. The molecule has 0 N–H and O–H groups in total. The van der Waals surface area contributed by atoms with Crippen molar-refractivity contribution in [2.45, 2.75) is 46.0 Å². The Morgan fingerprint density at radius 2 is 1.59 bits per heavy atom. The number of aryl methyl sites for hydroxylation is 2. The molecule has 2 aromatic carbocycles. The number of fused-ring (bicyclic) bond motifs is 1. The van der Waals surface area contributed by atoms with Gasteiger partial charge in [-0.1, -0.05) is 25.0 Å². The molecule has 0 spiro atoms. The molecular weight excluding hydrogens is 432 g/mol. The molecule has 2 heterocycles. The number of ether oxygens (including phenoxy) is 1. The van der Waals surface area contributed by atoms with E-state index in [0.717, 1.165) is 42.5 Å². The third-order valence-corrected chi connectivity index (χ3v) is 7.40. The van der Waals surface area contributed by atoms with E-state index < -0.39 is 11.9 Å². The molecule has 0 radical (unpaired) electrons. The third-order valence-electron chi connectivity index (χ3n) is 7.40. The van der Waals surface area contributed by atoms with Gasteiger partial charge in [-0.3, -0.25) is 19.2 Å². The first kappa shape index (κ1) is 22.3. The average Bonchev–Trinajstić information content (AvgIpc) is 3.34. The molecule has 1 saturated carbocycles. The van der Waals surface area contributed by atoms with Crippen molar-refractivity contribution in [1.29, 1.82) is 0 Å². The van der Waals surface area contributed by atoms with Crippen molar-refractivity contribution < 1.29 is 23.9 Å². The summed E-state index contributed by atoms with van der Waals surface area (Å²) in [6, 6.07) is 12.3. The fraction of sp³-hybridized carbons (Fsp3) is 0.407. The Morgan fingerprint density at radius 1 is 0.882 bits per heavy atom. The lowest BCUT2D eigenvalue weighted by Crippen LogP contribution is -2.31. The van der Waals surface area contributed by atoms with Gasteiger partial charge in [-0.05, 0) is 62.1 Å². The summed E-state index contributed by atoms with van der Waals surface area (Å²) in [6.45, 7) is 4.26. The molecule has 7 heteroatoms. The summed E-state index contributed by atoms with van der Waals surface area (Å²) in [4.78, 5) is 54.1. The number of hydrogen-bond acceptors (Lipinski definition) is 5. The molecule has 3 fully saturated rings. The van der Waals surface area contributed by atoms with Gasteiger partial charge >= 0.3 is 5.97 Å². The van der Waals surface area contributed by atoms with Crippen LogP contribution in [-0.4, -0.2) is 30.2 Å². The van der Waals surface area contributed by atoms with Crippen LogP contribution in [0.15, 0.2) is 42.5 Å². The highest BCUT2D eigenvalue weighted by molar-refractivity contribution is 6.22. The van der Waals surface area contributed by atoms with E-state index in [1.165, 1.54) is 4.90 Å². The molecule has 176 valence electrons. The Morgan fingerprint density at radius 3 is 2.26 bits per heavy atom. The van der Waals surface area contributed by atoms with Gasteiger partial charge in [-0.15, -0.1) is 0 Å². The van der Waals surface area contributed by atoms with Crippen LogP contribution in [-0.2, 0) is 19.2 Å². The first-order chi connectivity index (χ1) is 16.3. The number of nitrogens with zero attached hydrogens (tertiary/aromatic N) is 2. The standard InChI is InChI=1S/C27H28N2O5/c1-16-10-11-19(12-17(16)2)28-15-18(13-24(28)30)27(33)34-21-7-5-6-20(14-21)29-25(31)22-8-3-4-9-23(22)26(29)32/h5-7,10-12,14,18,22-23H,3-4,8-9,13,15H2,1-2H3/t18-,22-,23+/m0/s1. The molecule has 3 aliphatic rings. The molecule has 2 saturated heterocycles. The van der Waals surface area contributed by atoms with Crippen LogP contribution in [0.3, 0.4) is 0 Å². The van der Waals surface area contributed by atoms with Crippen molar-refractivity contribution >= 4 is 35.1 Å². The van der Waals surface area contributed by atoms with Gasteiger partial charge in [0.25, 0.3) is 0 Å². The Bertz CT molecular complexity index is 1170. The molecule has 7 nitrogen and oxygen atoms in total. The summed E-state index contributed by atoms with van der Waals surface area (Å²) in [7, 11) is 0. The van der Waals surface area contributed by atoms with E-state index in [2.05, 4.69) is 0 Å². The zero-order valence-electron chi connectivity index (χ0n) is 19.5. The van der Waals surface area contributed by atoms with E-state index in [1.807, 2.05) is 32.0 Å². The van der Waals surface area contributed by atoms with Crippen LogP contribution in [0, 0.1) is 31.6 Å². The van der Waals surface area contributed by atoms with E-state index in [9.17, 15) is 19.2 Å². The summed E-state index contributed by atoms with van der Waals surface area (Å²) < 4.78 is 5.60. The van der Waals surface area contributed by atoms with Crippen molar-refractivity contribution in [2.24, 2.45) is 17.8 Å². The maximum atomic E-state index is 12.9. The van der Waals surface area contributed by atoms with Crippen LogP contribution >= 0.6 is 0 Å². The van der Waals surface area contributed by atoms with E-state index >= 15 is 0 Å². The minimum absolute atomic E-state index is 0.0813. The second kappa shape index (κ2) is 8.70. The number of hydrogen-bond donors (Lipinski definition) is 0. The lowest BCUT2D eigenvalue weighted by molar-refractivity contribution is -0.139. The summed E-state index contributed by atoms with van der Waals surface area (Å²) in [5.41, 5.74) is 3.42. The van der Waals surface area contributed by atoms with Gasteiger partial charge < -0.3 is 9.64 Å². The zero-order chi connectivity index (χ0) is 24.0. The van der Waals surface area contributed by atoms with Crippen molar-refractivity contribution in [1.82, 2.24) is 0 Å². The first-order valence-electron chi connectivity index (χ1n) is 11.9. The maximum absolute atomic E-state index is 12.9. The number of imide groups is 1. The van der Waals surface area contributed by atoms with Crippen molar-refractivity contribution in [3.63, 3.8) is 0 Å². The van der Waals surface area contributed by atoms with Gasteiger partial charge in [0.1, 0.15) is 5.75 Å². The molecule has 2 aliphatic heterocycles. The van der Waals surface area contributed by atoms with Crippen LogP contribution in [0.4, 0.5) is 11.4 Å². The van der Waals surface area contributed by atoms with Crippen LogP contribution in [0.1, 0.15) is 43.2 Å². The van der Waals surface area contributed by atoms with E-state index in [4.69, 9.17) is 4.74 Å². The third kappa shape index (κ3) is 3.89. The van der Waals surface area contributed by atoms with Gasteiger partial charge in [0.2, 0.25) is 17.7 Å². The number of benzene rings is 2. The molecule has 3 atom stereocenters. The number of anilines is 2. The Balaban J connectivity index is 1.29. The topological polar surface area (TPSA) is 84.0 Å². The number of carbonyl (C=O) groups is 4. The van der Waals surface area contributed by atoms with Gasteiger partial charge in [-0.2, -0.15) is 0 Å². The van der Waals surface area contributed by atoms with E-state index in [1.54, 1.807) is 29.2 Å². The minimum atomic E-state index is -0.587. The van der Waals surface area contributed by atoms with Crippen molar-refractivity contribution in [3.8, 4) is 5.75 Å². The monoisotopic (exact) mass is 460 g/mol. The fourth-order valence-electron chi connectivity index (χ4n) is 5.31. The van der Waals surface area contributed by atoms with Gasteiger partial charge in [0.05, 0.1) is 23.4 Å². The number of amides is 3. The Hall–Kier alpha value is -3.48. The molecule has 34 heavy (non-hydrogen) atoms. The van der Waals surface area contributed by atoms with E-state index in [-0.39, 0.29) is 48.3 Å². The highest BCUT2D eigenvalue weighted by Gasteiger charge is 2.48. The highest BCUT2D eigenvalue weighted by Crippen LogP contribution is 2.40. The van der Waals surface area contributed by atoms with Gasteiger partial charge in [-0.25, -0.2) is 4.90 Å². The van der Waals surface area contributed by atoms with Gasteiger partial charge in [0.15, 0.2) is 0 Å². The normalized spacial score (nSPS) is 24.5. The smallest absolute Gasteiger partial charge is 0.316 e. The highest BCUT2D eigenvalue weighted by atomic mass is 16.5. The molecule has 0 unspecified atom stereocenters. The molecular formula is C27H28N2O5. The largest absolute Gasteiger partial charge is 0.426 e. The maximum Gasteiger partial charge on any atom is 0.316 e. The second-order valence-electron chi connectivity index (χ2n) is 9.60. The summed E-state index contributed by atoms with van der Waals surface area (Å²) in [5, 5.41) is 0. The van der Waals surface area contributed by atoms with Crippen LogP contribution < -0.4 is 14.5 Å². The lowest BCUT2D eigenvalue weighted by atomic mass is 9.81. The summed E-state index contributed by atoms with van der Waals surface area (Å²) >= 11 is 0. The van der Waals surface area contributed by atoms with Crippen LogP contribution in [0.5, 0.6) is 5.75 Å². The molecule has 5 rings (SSSR count). The fourth-order valence-corrected chi connectivity index (χ4v) is 5.31. The number of carbonyl (C=O) groups excluding carboxylic acids is 4. The average molecular weight is 461 g/mol. The SMILES string of the molecule is Cc1ccc(N2C[C@@H](C(=O)Oc3cccc(N4C(=O)[C@H]5CCCC[C@H]5C4=O)c3)CC2=O)cc1C. The summed E-state index contributed by atoms with van der Waals surface area (Å²) in [6.07, 6.45) is 3.49. The molecule has 0 aromatic heterocycles. The van der Waals surface area contributed by atoms with Gasteiger partial charge in [0, 0.05) is 24.7 Å². The van der Waals surface area contributed by atoms with E-state index in [0.29, 0.717) is 5.69 Å². The summed E-state index contributed by atoms with van der Waals surface area (Å²) in [5.74, 6) is -1.75. The molecule has 3 amide bonds. The van der Waals surface area contributed by atoms with Crippen molar-refractivity contribution in [2.75, 3.05) is 16.3 Å². The predicted molar refractivity (Wildman–Crippen MR) is 126 cm³/mol. The van der Waals surface area contributed by atoms with Crippen LogP contribution in [0.2, 0.25) is 0 Å². The quantitative estimate of drug-likeness (QED) is 0.392. The van der Waals surface area contributed by atoms with Crippen molar-refractivity contribution in [3.05, 3.63) is 53.6 Å². The van der Waals surface area contributed by atoms with Crippen LogP contribution in [0.25, 0.3) is 0 Å². The minimum Gasteiger partial charge on any atom is -0.426 e. The number of esters is 1. The Kier molecular flexibility index (Phi) is 5.71.